The Bertz CT molecular complexity index is 1500. The average molecular weight is 507 g/mol. The third-order valence-corrected chi connectivity index (χ3v) is 7.45. The highest BCUT2D eigenvalue weighted by molar-refractivity contribution is 8.18. The molecule has 1 aromatic heterocycles. The van der Waals surface area contributed by atoms with Crippen molar-refractivity contribution in [1.29, 1.82) is 0 Å². The van der Waals surface area contributed by atoms with Gasteiger partial charge in [0.05, 0.1) is 22.2 Å². The zero-order valence-corrected chi connectivity index (χ0v) is 20.8. The number of imide groups is 1. The summed E-state index contributed by atoms with van der Waals surface area (Å²) in [6.07, 6.45) is 1.78. The zero-order chi connectivity index (χ0) is 24.0. The Balaban J connectivity index is 1.47. The molecule has 7 heteroatoms. The minimum absolute atomic E-state index is 0.237. The fraction of sp³-hybridized carbons (Fsp3) is 0.111. The number of carbonyl (C=O) groups excluding carboxylic acids is 2. The van der Waals surface area contributed by atoms with E-state index in [0.717, 1.165) is 50.7 Å². The van der Waals surface area contributed by atoms with E-state index in [1.54, 1.807) is 18.2 Å². The summed E-state index contributed by atoms with van der Waals surface area (Å²) < 4.78 is 2.00. The molecule has 34 heavy (non-hydrogen) atoms. The van der Waals surface area contributed by atoms with E-state index in [9.17, 15) is 9.59 Å². The molecule has 2 heterocycles. The first-order chi connectivity index (χ1) is 16.3. The predicted octanol–water partition coefficient (Wildman–Crippen LogP) is 7.79. The van der Waals surface area contributed by atoms with Crippen LogP contribution >= 0.6 is 35.0 Å². The molecule has 0 bridgehead atoms. The molecule has 0 atom stereocenters. The van der Waals surface area contributed by atoms with E-state index in [2.05, 4.69) is 0 Å². The molecule has 0 aliphatic carbocycles. The molecule has 1 aliphatic heterocycles. The van der Waals surface area contributed by atoms with Crippen molar-refractivity contribution in [2.24, 2.45) is 0 Å². The maximum atomic E-state index is 13.2. The molecule has 0 N–H and O–H groups in total. The summed E-state index contributed by atoms with van der Waals surface area (Å²) >= 11 is 13.6. The third kappa shape index (κ3) is 4.05. The normalized spacial score (nSPS) is 15.2. The summed E-state index contributed by atoms with van der Waals surface area (Å²) in [4.78, 5) is 27.7. The summed E-state index contributed by atoms with van der Waals surface area (Å²) in [6, 6.07) is 21.2. The smallest absolute Gasteiger partial charge is 0.293 e. The van der Waals surface area contributed by atoms with Crippen molar-refractivity contribution in [1.82, 2.24) is 9.47 Å². The summed E-state index contributed by atoms with van der Waals surface area (Å²) in [6.45, 7) is 4.16. The fourth-order valence-electron chi connectivity index (χ4n) is 4.34. The van der Waals surface area contributed by atoms with Crippen LogP contribution in [0.5, 0.6) is 0 Å². The Morgan fingerprint density at radius 3 is 2.53 bits per heavy atom. The average Bonchev–Trinajstić information content (AvgIpc) is 3.24. The molecule has 5 rings (SSSR count). The highest BCUT2D eigenvalue weighted by Gasteiger charge is 2.35. The van der Waals surface area contributed by atoms with Gasteiger partial charge < -0.3 is 4.57 Å². The number of hydrogen-bond donors (Lipinski definition) is 0. The van der Waals surface area contributed by atoms with Gasteiger partial charge in [0.15, 0.2) is 0 Å². The molecule has 170 valence electrons. The molecule has 2 amide bonds. The monoisotopic (exact) mass is 506 g/mol. The van der Waals surface area contributed by atoms with Gasteiger partial charge in [0.2, 0.25) is 0 Å². The molecule has 3 aromatic carbocycles. The van der Waals surface area contributed by atoms with Gasteiger partial charge in [-0.3, -0.25) is 14.5 Å². The summed E-state index contributed by atoms with van der Waals surface area (Å²) in [5.74, 6) is -0.284. The van der Waals surface area contributed by atoms with E-state index in [-0.39, 0.29) is 17.7 Å². The van der Waals surface area contributed by atoms with E-state index in [1.807, 2.05) is 73.0 Å². The number of hydrogen-bond acceptors (Lipinski definition) is 3. The van der Waals surface area contributed by atoms with Crippen molar-refractivity contribution in [2.75, 3.05) is 0 Å². The molecule has 0 unspecified atom stereocenters. The summed E-state index contributed by atoms with van der Waals surface area (Å²) in [5, 5.41) is 3.01. The number of benzene rings is 3. The third-order valence-electron chi connectivity index (χ3n) is 5.99. The van der Waals surface area contributed by atoms with E-state index < -0.39 is 0 Å². The van der Waals surface area contributed by atoms with Crippen molar-refractivity contribution in [3.8, 4) is 5.69 Å². The first-order valence-electron chi connectivity index (χ1n) is 10.7. The van der Waals surface area contributed by atoms with Gasteiger partial charge in [-0.05, 0) is 77.9 Å². The van der Waals surface area contributed by atoms with Crippen molar-refractivity contribution in [3.05, 3.63) is 104 Å². The lowest BCUT2D eigenvalue weighted by Crippen LogP contribution is -2.27. The molecule has 4 aromatic rings. The van der Waals surface area contributed by atoms with Crippen LogP contribution in [-0.2, 0) is 11.3 Å². The van der Waals surface area contributed by atoms with E-state index in [1.165, 1.54) is 4.90 Å². The molecular formula is C27H20Cl2N2O2S. The van der Waals surface area contributed by atoms with Crippen LogP contribution < -0.4 is 0 Å². The molecule has 4 nitrogen and oxygen atoms in total. The van der Waals surface area contributed by atoms with Gasteiger partial charge >= 0.3 is 0 Å². The first-order valence-corrected chi connectivity index (χ1v) is 12.3. The Hall–Kier alpha value is -2.99. The second kappa shape index (κ2) is 8.99. The second-order valence-electron chi connectivity index (χ2n) is 8.16. The van der Waals surface area contributed by atoms with Crippen LogP contribution in [0, 0.1) is 13.8 Å². The van der Waals surface area contributed by atoms with Crippen LogP contribution in [0.2, 0.25) is 10.0 Å². The standard InChI is InChI=1S/C27H20Cl2N2O2S/c1-16-12-20(17(2)31(16)24-14-21(28)10-11-23(24)29)13-25-26(32)30(27(33)34-25)15-19-8-5-7-18-6-3-4-9-22(18)19/h3-14H,15H2,1-2H3/b25-13+. The van der Waals surface area contributed by atoms with E-state index in [4.69, 9.17) is 23.2 Å². The van der Waals surface area contributed by atoms with E-state index >= 15 is 0 Å². The lowest BCUT2D eigenvalue weighted by atomic mass is 10.0. The van der Waals surface area contributed by atoms with Crippen molar-refractivity contribution in [3.63, 3.8) is 0 Å². The molecule has 0 radical (unpaired) electrons. The Morgan fingerprint density at radius 2 is 1.71 bits per heavy atom. The molecular weight excluding hydrogens is 487 g/mol. The number of carbonyl (C=O) groups is 2. The lowest BCUT2D eigenvalue weighted by Gasteiger charge is -2.14. The highest BCUT2D eigenvalue weighted by atomic mass is 35.5. The Morgan fingerprint density at radius 1 is 0.941 bits per heavy atom. The van der Waals surface area contributed by atoms with Crippen molar-refractivity contribution < 1.29 is 9.59 Å². The number of fused-ring (bicyclic) bond motifs is 1. The number of thioether (sulfide) groups is 1. The van der Waals surface area contributed by atoms with Crippen LogP contribution in [0.4, 0.5) is 4.79 Å². The predicted molar refractivity (Wildman–Crippen MR) is 141 cm³/mol. The van der Waals surface area contributed by atoms with Gasteiger partial charge in [-0.2, -0.15) is 0 Å². The fourth-order valence-corrected chi connectivity index (χ4v) is 5.54. The maximum absolute atomic E-state index is 13.2. The SMILES string of the molecule is Cc1cc(/C=C2/SC(=O)N(Cc3cccc4ccccc34)C2=O)c(C)n1-c1cc(Cl)ccc1Cl. The number of aryl methyl sites for hydroxylation is 1. The first kappa shape index (κ1) is 22.8. The van der Waals surface area contributed by atoms with Gasteiger partial charge in [-0.1, -0.05) is 65.7 Å². The quantitative estimate of drug-likeness (QED) is 0.265. The van der Waals surface area contributed by atoms with Crippen LogP contribution in [0.25, 0.3) is 22.5 Å². The topological polar surface area (TPSA) is 42.3 Å². The second-order valence-corrected chi connectivity index (χ2v) is 10.0. The van der Waals surface area contributed by atoms with Gasteiger partial charge in [0.25, 0.3) is 11.1 Å². The lowest BCUT2D eigenvalue weighted by molar-refractivity contribution is -0.123. The molecule has 1 fully saturated rings. The molecule has 0 saturated carbocycles. The number of amides is 2. The van der Waals surface area contributed by atoms with Crippen LogP contribution in [0.3, 0.4) is 0 Å². The number of rotatable bonds is 4. The Labute approximate surface area is 211 Å². The minimum atomic E-state index is -0.284. The van der Waals surface area contributed by atoms with Crippen molar-refractivity contribution in [2.45, 2.75) is 20.4 Å². The van der Waals surface area contributed by atoms with Crippen LogP contribution in [-0.4, -0.2) is 20.6 Å². The molecule has 0 spiro atoms. The van der Waals surface area contributed by atoms with Crippen LogP contribution in [0.15, 0.2) is 71.6 Å². The Kier molecular flexibility index (Phi) is 6.02. The van der Waals surface area contributed by atoms with Crippen LogP contribution in [0.1, 0.15) is 22.5 Å². The zero-order valence-electron chi connectivity index (χ0n) is 18.5. The van der Waals surface area contributed by atoms with E-state index in [0.29, 0.717) is 15.0 Å². The van der Waals surface area contributed by atoms with Gasteiger partial charge in [-0.25, -0.2) is 0 Å². The molecule has 1 saturated heterocycles. The number of aromatic nitrogens is 1. The summed E-state index contributed by atoms with van der Waals surface area (Å²) in [7, 11) is 0. The number of halogens is 2. The minimum Gasteiger partial charge on any atom is -0.316 e. The van der Waals surface area contributed by atoms with Gasteiger partial charge in [-0.15, -0.1) is 0 Å². The van der Waals surface area contributed by atoms with Crippen molar-refractivity contribution >= 4 is 63.0 Å². The largest absolute Gasteiger partial charge is 0.316 e. The van der Waals surface area contributed by atoms with Gasteiger partial charge in [0, 0.05) is 16.4 Å². The molecule has 1 aliphatic rings. The maximum Gasteiger partial charge on any atom is 0.293 e. The number of nitrogens with zero attached hydrogens (tertiary/aromatic N) is 2. The highest BCUT2D eigenvalue weighted by Crippen LogP contribution is 2.36. The van der Waals surface area contributed by atoms with Gasteiger partial charge in [0.1, 0.15) is 0 Å². The summed E-state index contributed by atoms with van der Waals surface area (Å²) in [5.41, 5.74) is 4.41.